The Hall–Kier alpha value is -2.28. The van der Waals surface area contributed by atoms with E-state index in [-0.39, 0.29) is 17.3 Å². The summed E-state index contributed by atoms with van der Waals surface area (Å²) < 4.78 is 43.8. The van der Waals surface area contributed by atoms with Gasteiger partial charge in [0.1, 0.15) is 35.4 Å². The standard InChI is InChI=1S/C19H16ClF2NO3/c1-11(25-10-24-2)17-16(7-6-14(21)18(17)20)26-13-8-12-4-3-5-15(22)19(12)23-9-13/h3-9,11H,10H2,1-2H3. The van der Waals surface area contributed by atoms with Gasteiger partial charge in [0.25, 0.3) is 0 Å². The highest BCUT2D eigenvalue weighted by Crippen LogP contribution is 2.38. The van der Waals surface area contributed by atoms with Crippen molar-refractivity contribution in [3.8, 4) is 11.5 Å². The average molecular weight is 380 g/mol. The zero-order valence-corrected chi connectivity index (χ0v) is 14.9. The molecule has 3 rings (SSSR count). The molecule has 0 aliphatic heterocycles. The predicted molar refractivity (Wildman–Crippen MR) is 94.6 cm³/mol. The van der Waals surface area contributed by atoms with Crippen LogP contribution in [0.2, 0.25) is 5.02 Å². The number of hydrogen-bond donors (Lipinski definition) is 0. The van der Waals surface area contributed by atoms with Crippen LogP contribution in [0.15, 0.2) is 42.6 Å². The molecule has 0 saturated heterocycles. The molecule has 0 fully saturated rings. The minimum absolute atomic E-state index is 0.0181. The van der Waals surface area contributed by atoms with Gasteiger partial charge in [-0.05, 0) is 31.2 Å². The molecular formula is C19H16ClF2NO3. The molecule has 0 bridgehead atoms. The summed E-state index contributed by atoms with van der Waals surface area (Å²) in [5.41, 5.74) is 0.595. The highest BCUT2D eigenvalue weighted by molar-refractivity contribution is 6.31. The lowest BCUT2D eigenvalue weighted by atomic mass is 10.1. The van der Waals surface area contributed by atoms with E-state index in [0.717, 1.165) is 0 Å². The Morgan fingerprint density at radius 3 is 2.73 bits per heavy atom. The summed E-state index contributed by atoms with van der Waals surface area (Å²) in [5.74, 6) is -0.315. The SMILES string of the molecule is COCOC(C)c1c(Oc2cnc3c(F)cccc3c2)ccc(F)c1Cl. The average Bonchev–Trinajstić information content (AvgIpc) is 2.63. The topological polar surface area (TPSA) is 40.6 Å². The number of nitrogens with zero attached hydrogens (tertiary/aromatic N) is 1. The molecule has 0 spiro atoms. The number of rotatable bonds is 6. The first kappa shape index (κ1) is 18.5. The number of pyridine rings is 1. The van der Waals surface area contributed by atoms with E-state index in [1.165, 1.54) is 31.5 Å². The van der Waals surface area contributed by atoms with Crippen molar-refractivity contribution in [3.05, 3.63) is 64.8 Å². The van der Waals surface area contributed by atoms with Crippen LogP contribution in [-0.4, -0.2) is 18.9 Å². The van der Waals surface area contributed by atoms with Crippen LogP contribution in [-0.2, 0) is 9.47 Å². The molecule has 1 heterocycles. The normalized spacial score (nSPS) is 12.3. The maximum absolute atomic E-state index is 13.9. The van der Waals surface area contributed by atoms with Gasteiger partial charge in [0.15, 0.2) is 0 Å². The van der Waals surface area contributed by atoms with Gasteiger partial charge in [0, 0.05) is 18.1 Å². The lowest BCUT2D eigenvalue weighted by molar-refractivity contribution is -0.0671. The van der Waals surface area contributed by atoms with Crippen LogP contribution < -0.4 is 4.74 Å². The number of para-hydroxylation sites is 1. The van der Waals surface area contributed by atoms with Crippen LogP contribution in [0.5, 0.6) is 11.5 Å². The molecule has 136 valence electrons. The molecule has 7 heteroatoms. The number of aromatic nitrogens is 1. The number of fused-ring (bicyclic) bond motifs is 1. The highest BCUT2D eigenvalue weighted by Gasteiger charge is 2.20. The maximum Gasteiger partial charge on any atom is 0.149 e. The molecule has 0 N–H and O–H groups in total. The fourth-order valence-electron chi connectivity index (χ4n) is 2.56. The summed E-state index contributed by atoms with van der Waals surface area (Å²) in [5, 5.41) is 0.492. The molecule has 0 radical (unpaired) electrons. The minimum Gasteiger partial charge on any atom is -0.455 e. The van der Waals surface area contributed by atoms with Crippen molar-refractivity contribution in [1.29, 1.82) is 0 Å². The molecule has 2 aromatic carbocycles. The third-order valence-corrected chi connectivity index (χ3v) is 4.18. The summed E-state index contributed by atoms with van der Waals surface area (Å²) in [6.07, 6.45) is 0.826. The van der Waals surface area contributed by atoms with Gasteiger partial charge in [-0.3, -0.25) is 0 Å². The zero-order valence-electron chi connectivity index (χ0n) is 14.1. The number of hydrogen-bond acceptors (Lipinski definition) is 4. The number of methoxy groups -OCH3 is 1. The van der Waals surface area contributed by atoms with Gasteiger partial charge in [-0.15, -0.1) is 0 Å². The summed E-state index contributed by atoms with van der Waals surface area (Å²) in [4.78, 5) is 4.08. The van der Waals surface area contributed by atoms with Crippen molar-refractivity contribution in [2.45, 2.75) is 13.0 Å². The Balaban J connectivity index is 1.98. The quantitative estimate of drug-likeness (QED) is 0.520. The second-order valence-electron chi connectivity index (χ2n) is 5.57. The predicted octanol–water partition coefficient (Wildman–Crippen LogP) is 5.64. The maximum atomic E-state index is 13.9. The van der Waals surface area contributed by atoms with E-state index < -0.39 is 17.7 Å². The van der Waals surface area contributed by atoms with Gasteiger partial charge < -0.3 is 14.2 Å². The van der Waals surface area contributed by atoms with Crippen molar-refractivity contribution in [1.82, 2.24) is 4.98 Å². The van der Waals surface area contributed by atoms with Gasteiger partial charge in [-0.25, -0.2) is 13.8 Å². The first-order chi connectivity index (χ1) is 12.5. The number of halogens is 3. The fourth-order valence-corrected chi connectivity index (χ4v) is 2.87. The fraction of sp³-hybridized carbons (Fsp3) is 0.211. The molecule has 1 unspecified atom stereocenters. The lowest BCUT2D eigenvalue weighted by Gasteiger charge is -2.19. The molecular weight excluding hydrogens is 364 g/mol. The van der Waals surface area contributed by atoms with Crippen LogP contribution >= 0.6 is 11.6 Å². The molecule has 4 nitrogen and oxygen atoms in total. The van der Waals surface area contributed by atoms with Crippen molar-refractivity contribution in [2.75, 3.05) is 13.9 Å². The number of ether oxygens (including phenoxy) is 3. The summed E-state index contributed by atoms with van der Waals surface area (Å²) in [7, 11) is 1.48. The Bertz CT molecular complexity index is 936. The molecule has 0 aliphatic rings. The van der Waals surface area contributed by atoms with Gasteiger partial charge in [-0.1, -0.05) is 23.7 Å². The Kier molecular flexibility index (Phi) is 5.66. The van der Waals surface area contributed by atoms with Crippen LogP contribution in [0, 0.1) is 11.6 Å². The zero-order chi connectivity index (χ0) is 18.7. The van der Waals surface area contributed by atoms with Gasteiger partial charge in [-0.2, -0.15) is 0 Å². The molecule has 0 saturated carbocycles. The Morgan fingerprint density at radius 2 is 1.96 bits per heavy atom. The third-order valence-electron chi connectivity index (χ3n) is 3.80. The van der Waals surface area contributed by atoms with Crippen molar-refractivity contribution in [2.24, 2.45) is 0 Å². The first-order valence-corrected chi connectivity index (χ1v) is 8.19. The Labute approximate surface area is 154 Å². The highest BCUT2D eigenvalue weighted by atomic mass is 35.5. The van der Waals surface area contributed by atoms with E-state index in [1.54, 1.807) is 25.1 Å². The summed E-state index contributed by atoms with van der Waals surface area (Å²) in [6.45, 7) is 1.73. The molecule has 26 heavy (non-hydrogen) atoms. The second-order valence-corrected chi connectivity index (χ2v) is 5.95. The largest absolute Gasteiger partial charge is 0.455 e. The van der Waals surface area contributed by atoms with E-state index in [2.05, 4.69) is 4.98 Å². The van der Waals surface area contributed by atoms with E-state index in [9.17, 15) is 8.78 Å². The van der Waals surface area contributed by atoms with Crippen LogP contribution in [0.3, 0.4) is 0 Å². The molecule has 3 aromatic rings. The van der Waals surface area contributed by atoms with Crippen LogP contribution in [0.25, 0.3) is 10.9 Å². The van der Waals surface area contributed by atoms with Crippen LogP contribution in [0.1, 0.15) is 18.6 Å². The lowest BCUT2D eigenvalue weighted by Crippen LogP contribution is -2.06. The van der Waals surface area contributed by atoms with Gasteiger partial charge >= 0.3 is 0 Å². The van der Waals surface area contributed by atoms with Crippen molar-refractivity contribution >= 4 is 22.5 Å². The Morgan fingerprint density at radius 1 is 1.15 bits per heavy atom. The second kappa shape index (κ2) is 7.95. The summed E-state index contributed by atoms with van der Waals surface area (Å²) >= 11 is 6.11. The van der Waals surface area contributed by atoms with Gasteiger partial charge in [0.05, 0.1) is 17.3 Å². The molecule has 0 amide bonds. The van der Waals surface area contributed by atoms with Crippen molar-refractivity contribution < 1.29 is 23.0 Å². The molecule has 0 aliphatic carbocycles. The van der Waals surface area contributed by atoms with E-state index in [0.29, 0.717) is 22.4 Å². The monoisotopic (exact) mass is 379 g/mol. The smallest absolute Gasteiger partial charge is 0.149 e. The minimum atomic E-state index is -0.583. The summed E-state index contributed by atoms with van der Waals surface area (Å²) in [6, 6.07) is 8.96. The van der Waals surface area contributed by atoms with E-state index in [4.69, 9.17) is 25.8 Å². The molecule has 1 aromatic heterocycles. The first-order valence-electron chi connectivity index (χ1n) is 7.82. The van der Waals surface area contributed by atoms with E-state index in [1.807, 2.05) is 0 Å². The number of benzene rings is 2. The van der Waals surface area contributed by atoms with Gasteiger partial charge in [0.2, 0.25) is 0 Å². The molecule has 1 atom stereocenters. The third kappa shape index (κ3) is 3.77. The van der Waals surface area contributed by atoms with Crippen LogP contribution in [0.4, 0.5) is 8.78 Å². The van der Waals surface area contributed by atoms with Crippen molar-refractivity contribution in [3.63, 3.8) is 0 Å². The van der Waals surface area contributed by atoms with E-state index >= 15 is 0 Å².